The first-order valence-electron chi connectivity index (χ1n) is 7.47. The van der Waals surface area contributed by atoms with Gasteiger partial charge >= 0.3 is 0 Å². The minimum Gasteiger partial charge on any atom is -0.313 e. The maximum absolute atomic E-state index is 13.9. The highest BCUT2D eigenvalue weighted by atomic mass is 79.9. The van der Waals surface area contributed by atoms with Crippen LogP contribution in [0.25, 0.3) is 0 Å². The molecule has 1 N–H and O–H groups in total. The Kier molecular flexibility index (Phi) is 6.00. The van der Waals surface area contributed by atoms with E-state index in [0.717, 1.165) is 23.1 Å². The fourth-order valence-electron chi connectivity index (χ4n) is 2.70. The first-order chi connectivity index (χ1) is 9.56. The van der Waals surface area contributed by atoms with Crippen LogP contribution in [0.3, 0.4) is 0 Å². The van der Waals surface area contributed by atoms with Gasteiger partial charge in [0.15, 0.2) is 0 Å². The van der Waals surface area contributed by atoms with Gasteiger partial charge in [0.1, 0.15) is 5.82 Å². The Balaban J connectivity index is 2.02. The molecular formula is C16H24BrFN2. The predicted octanol–water partition coefficient (Wildman–Crippen LogP) is 3.94. The highest BCUT2D eigenvalue weighted by molar-refractivity contribution is 9.10. The summed E-state index contributed by atoms with van der Waals surface area (Å²) in [5.41, 5.74) is 0.767. The zero-order chi connectivity index (χ0) is 14.5. The lowest BCUT2D eigenvalue weighted by molar-refractivity contribution is 0.175. The Morgan fingerprint density at radius 2 is 2.20 bits per heavy atom. The average molecular weight is 343 g/mol. The van der Waals surface area contributed by atoms with Gasteiger partial charge in [0.05, 0.1) is 0 Å². The largest absolute Gasteiger partial charge is 0.313 e. The summed E-state index contributed by atoms with van der Waals surface area (Å²) in [6.07, 6.45) is 3.80. The van der Waals surface area contributed by atoms with Gasteiger partial charge in [-0.15, -0.1) is 0 Å². The molecule has 0 amide bonds. The van der Waals surface area contributed by atoms with Crippen LogP contribution in [0.4, 0.5) is 4.39 Å². The number of benzene rings is 1. The van der Waals surface area contributed by atoms with Gasteiger partial charge in [-0.1, -0.05) is 22.4 Å². The molecule has 112 valence electrons. The summed E-state index contributed by atoms with van der Waals surface area (Å²) in [6.45, 7) is 7.13. The fourth-order valence-corrected chi connectivity index (χ4v) is 3.11. The summed E-state index contributed by atoms with van der Waals surface area (Å²) in [5, 5.41) is 3.57. The molecule has 0 bridgehead atoms. The van der Waals surface area contributed by atoms with Crippen molar-refractivity contribution >= 4 is 15.9 Å². The molecule has 4 heteroatoms. The minimum atomic E-state index is -0.115. The first kappa shape index (κ1) is 15.9. The van der Waals surface area contributed by atoms with Crippen LogP contribution in [0.5, 0.6) is 0 Å². The molecule has 1 saturated heterocycles. The molecule has 0 aliphatic carbocycles. The van der Waals surface area contributed by atoms with Crippen molar-refractivity contribution in [1.29, 1.82) is 0 Å². The standard InChI is InChI=1S/C16H24BrFN2/c1-12(2)20(11-15-5-3-4-8-19-15)10-13-9-14(17)6-7-16(13)18/h6-7,9,12,15,19H,3-5,8,10-11H2,1-2H3. The summed E-state index contributed by atoms with van der Waals surface area (Å²) in [4.78, 5) is 2.36. The fraction of sp³-hybridized carbons (Fsp3) is 0.625. The Morgan fingerprint density at radius 3 is 2.85 bits per heavy atom. The number of hydrogen-bond acceptors (Lipinski definition) is 2. The van der Waals surface area contributed by atoms with Gasteiger partial charge < -0.3 is 5.32 Å². The molecule has 0 radical (unpaired) electrons. The van der Waals surface area contributed by atoms with E-state index in [1.807, 2.05) is 6.07 Å². The number of nitrogens with one attached hydrogen (secondary N) is 1. The molecule has 2 nitrogen and oxygen atoms in total. The van der Waals surface area contributed by atoms with Crippen LogP contribution in [-0.4, -0.2) is 30.1 Å². The van der Waals surface area contributed by atoms with Crippen molar-refractivity contribution in [3.8, 4) is 0 Å². The van der Waals surface area contributed by atoms with Crippen LogP contribution in [0.2, 0.25) is 0 Å². The number of piperidine rings is 1. The second-order valence-electron chi connectivity index (χ2n) is 5.91. The molecule has 0 saturated carbocycles. The van der Waals surface area contributed by atoms with Gasteiger partial charge in [0, 0.05) is 35.2 Å². The number of halogens is 2. The summed E-state index contributed by atoms with van der Waals surface area (Å²) in [6, 6.07) is 6.13. The van der Waals surface area contributed by atoms with Crippen molar-refractivity contribution in [3.63, 3.8) is 0 Å². The van der Waals surface area contributed by atoms with E-state index >= 15 is 0 Å². The third-order valence-corrected chi connectivity index (χ3v) is 4.47. The van der Waals surface area contributed by atoms with Crippen LogP contribution in [0, 0.1) is 5.82 Å². The number of nitrogens with zero attached hydrogens (tertiary/aromatic N) is 1. The van der Waals surface area contributed by atoms with E-state index in [1.54, 1.807) is 6.07 Å². The molecule has 1 fully saturated rings. The molecule has 20 heavy (non-hydrogen) atoms. The second-order valence-corrected chi connectivity index (χ2v) is 6.82. The van der Waals surface area contributed by atoms with Crippen molar-refractivity contribution in [2.75, 3.05) is 13.1 Å². The second kappa shape index (κ2) is 7.53. The molecular weight excluding hydrogens is 319 g/mol. The van der Waals surface area contributed by atoms with Crippen LogP contribution in [0.15, 0.2) is 22.7 Å². The van der Waals surface area contributed by atoms with Gasteiger partial charge in [0.2, 0.25) is 0 Å². The average Bonchev–Trinajstić information content (AvgIpc) is 2.43. The number of hydrogen-bond donors (Lipinski definition) is 1. The first-order valence-corrected chi connectivity index (χ1v) is 8.27. The number of rotatable bonds is 5. The topological polar surface area (TPSA) is 15.3 Å². The summed E-state index contributed by atoms with van der Waals surface area (Å²) >= 11 is 3.42. The van der Waals surface area contributed by atoms with Gasteiger partial charge in [0.25, 0.3) is 0 Å². The molecule has 1 aliphatic heterocycles. The third-order valence-electron chi connectivity index (χ3n) is 3.98. The zero-order valence-corrected chi connectivity index (χ0v) is 13.9. The molecule has 1 heterocycles. The van der Waals surface area contributed by atoms with E-state index in [2.05, 4.69) is 40.0 Å². The van der Waals surface area contributed by atoms with Gasteiger partial charge in [-0.2, -0.15) is 0 Å². The zero-order valence-electron chi connectivity index (χ0n) is 12.3. The van der Waals surface area contributed by atoms with Gasteiger partial charge in [-0.3, -0.25) is 4.90 Å². The molecule has 1 aromatic carbocycles. The Labute approximate surface area is 129 Å². The third kappa shape index (κ3) is 4.54. The summed E-state index contributed by atoms with van der Waals surface area (Å²) in [7, 11) is 0. The minimum absolute atomic E-state index is 0.115. The molecule has 2 rings (SSSR count). The quantitative estimate of drug-likeness (QED) is 0.871. The van der Waals surface area contributed by atoms with E-state index in [4.69, 9.17) is 0 Å². The van der Waals surface area contributed by atoms with E-state index in [0.29, 0.717) is 18.6 Å². The van der Waals surface area contributed by atoms with E-state index < -0.39 is 0 Å². The lowest BCUT2D eigenvalue weighted by Crippen LogP contribution is -2.45. The van der Waals surface area contributed by atoms with Crippen molar-refractivity contribution in [2.45, 2.75) is 51.7 Å². The van der Waals surface area contributed by atoms with E-state index in [-0.39, 0.29) is 5.82 Å². The van der Waals surface area contributed by atoms with Crippen LogP contribution < -0.4 is 5.32 Å². The summed E-state index contributed by atoms with van der Waals surface area (Å²) < 4.78 is 14.8. The normalized spacial score (nSPS) is 19.8. The summed E-state index contributed by atoms with van der Waals surface area (Å²) in [5.74, 6) is -0.115. The van der Waals surface area contributed by atoms with Gasteiger partial charge in [-0.25, -0.2) is 4.39 Å². The van der Waals surface area contributed by atoms with Crippen LogP contribution in [-0.2, 0) is 6.54 Å². The smallest absolute Gasteiger partial charge is 0.127 e. The van der Waals surface area contributed by atoms with Crippen LogP contribution in [0.1, 0.15) is 38.7 Å². The van der Waals surface area contributed by atoms with E-state index in [9.17, 15) is 4.39 Å². The Morgan fingerprint density at radius 1 is 1.40 bits per heavy atom. The van der Waals surface area contributed by atoms with Crippen molar-refractivity contribution < 1.29 is 4.39 Å². The Hall–Kier alpha value is -0.450. The maximum atomic E-state index is 13.9. The van der Waals surface area contributed by atoms with Crippen LogP contribution >= 0.6 is 15.9 Å². The Bertz CT molecular complexity index is 430. The molecule has 1 unspecified atom stereocenters. The SMILES string of the molecule is CC(C)N(Cc1cc(Br)ccc1F)CC1CCCCN1. The molecule has 0 spiro atoms. The highest BCUT2D eigenvalue weighted by Gasteiger charge is 2.19. The molecule has 1 aliphatic rings. The van der Waals surface area contributed by atoms with E-state index in [1.165, 1.54) is 25.3 Å². The van der Waals surface area contributed by atoms with Crippen molar-refractivity contribution in [3.05, 3.63) is 34.1 Å². The lowest BCUT2D eigenvalue weighted by atomic mass is 10.0. The molecule has 0 aromatic heterocycles. The van der Waals surface area contributed by atoms with Crippen molar-refractivity contribution in [2.24, 2.45) is 0 Å². The monoisotopic (exact) mass is 342 g/mol. The molecule has 1 aromatic rings. The van der Waals surface area contributed by atoms with Gasteiger partial charge in [-0.05, 0) is 51.4 Å². The lowest BCUT2D eigenvalue weighted by Gasteiger charge is -2.33. The highest BCUT2D eigenvalue weighted by Crippen LogP contribution is 2.19. The molecule has 1 atom stereocenters. The van der Waals surface area contributed by atoms with Crippen molar-refractivity contribution in [1.82, 2.24) is 10.2 Å². The maximum Gasteiger partial charge on any atom is 0.127 e. The predicted molar refractivity (Wildman–Crippen MR) is 85.3 cm³/mol.